The van der Waals surface area contributed by atoms with E-state index in [1.54, 1.807) is 0 Å². The quantitative estimate of drug-likeness (QED) is 0.0210. The lowest BCUT2D eigenvalue weighted by Gasteiger charge is -2.58. The summed E-state index contributed by atoms with van der Waals surface area (Å²) in [5.41, 5.74) is 0. The van der Waals surface area contributed by atoms with Crippen molar-refractivity contribution in [3.05, 3.63) is 243 Å². The SMILES string of the molecule is C[Si](C)(CCCCC(=O)O)O[Si]1(c2ccccc2)O[Si]2(c3ccccc3)O[Si](O[Si](C)(C)CCCCC(=O)O)(c3ccccc3)O[Si](c3ccccc3)(O1)O[Si]1(c3ccccc3)O[Si](O[Si](C)(C)CCCCC(=O)O)(c3ccccc3)O[Si](c3ccccc3)(O[Si](O[Si](C)(C)CCCCC(=O)O)(c3ccccc3)O1)O2. The van der Waals surface area contributed by atoms with Gasteiger partial charge in [0.05, 0.1) is 0 Å². The van der Waals surface area contributed by atoms with Gasteiger partial charge in [-0.05, 0) is 102 Å². The number of unbranched alkanes of at least 4 members (excludes halogenated alkanes) is 4. The Balaban J connectivity index is 1.40. The molecule has 0 aromatic heterocycles. The summed E-state index contributed by atoms with van der Waals surface area (Å²) in [5.74, 6) is -3.72. The first-order valence-corrected chi connectivity index (χ1v) is 63.8. The van der Waals surface area contributed by atoms with E-state index >= 15 is 0 Å². The number of hydrogen-bond acceptors (Lipinski definition) is 18. The van der Waals surface area contributed by atoms with E-state index in [9.17, 15) is 39.6 Å². The second-order valence-corrected chi connectivity index (χ2v) is 71.3. The molecule has 0 atom stereocenters. The standard InChI is InChI=1S/C76H100O22Si12/c1-99(2,61-37-33-57-73(77)78)85-103(65-41-17-9-18-42-65)89-107(69-49-25-13-26-50-69)91-104(66-43-19-10-20-44-66,86-100(3,4)62-38-34-58-74(79)80)92-108(90-103,70-51-27-14-28-52-70)98-110(72-55-31-16-32-56-72)94-105(67-45-21-11-22-46-67,87-101(5,6)63-39-35-59-75(81)82)93-109(97-107,71-53-29-15-30-54-71)95-106(96-110,68-47-23-12-24-48-68)88-102(7,8)64-40-36-60-76(83)84/h9-32,41-56H,33-40,57-64H2,1-8H3,(H,77,78)(H,79,80)(H,81,82)(H,83,84). The molecule has 0 radical (unpaired) electrons. The Morgan fingerprint density at radius 1 is 0.236 bits per heavy atom. The van der Waals surface area contributed by atoms with Crippen LogP contribution in [0.2, 0.25) is 76.6 Å². The van der Waals surface area contributed by atoms with Gasteiger partial charge in [-0.25, -0.2) is 0 Å². The minimum Gasteiger partial charge on any atom is -0.481 e. The number of benzene rings is 8. The van der Waals surface area contributed by atoms with Gasteiger partial charge >= 0.3 is 94.3 Å². The normalized spacial score (nSPS) is 25.3. The fourth-order valence-corrected chi connectivity index (χ4v) is 74.7. The zero-order valence-corrected chi connectivity index (χ0v) is 75.5. The van der Waals surface area contributed by atoms with Crippen molar-refractivity contribution in [3.8, 4) is 0 Å². The Kier molecular flexibility index (Phi) is 27.7. The second kappa shape index (κ2) is 36.0. The summed E-state index contributed by atoms with van der Waals surface area (Å²) in [7, 11) is -57.4. The molecule has 4 fully saturated rings. The highest BCUT2D eigenvalue weighted by Crippen LogP contribution is 2.46. The molecule has 110 heavy (non-hydrogen) atoms. The van der Waals surface area contributed by atoms with Crippen molar-refractivity contribution in [2.24, 2.45) is 0 Å². The lowest BCUT2D eigenvalue weighted by Crippen LogP contribution is -2.91. The van der Waals surface area contributed by atoms with Gasteiger partial charge in [0, 0.05) is 67.2 Å². The molecule has 4 bridgehead atoms. The third-order valence-corrected chi connectivity index (χ3v) is 68.2. The number of rotatable bonds is 36. The van der Waals surface area contributed by atoms with Gasteiger partial charge < -0.3 is 78.0 Å². The minimum atomic E-state index is -5.68. The Hall–Kier alpha value is -6.32. The van der Waals surface area contributed by atoms with Crippen LogP contribution < -0.4 is 41.5 Å². The first-order valence-electron chi connectivity index (χ1n) is 37.5. The van der Waals surface area contributed by atoms with Gasteiger partial charge in [-0.2, -0.15) is 0 Å². The van der Waals surface area contributed by atoms with Crippen LogP contribution in [0.25, 0.3) is 0 Å². The Bertz CT molecular complexity index is 3750. The van der Waals surface area contributed by atoms with Crippen molar-refractivity contribution in [2.75, 3.05) is 0 Å². The Morgan fingerprint density at radius 2 is 0.382 bits per heavy atom. The smallest absolute Gasteiger partial charge is 0.481 e. The lowest BCUT2D eigenvalue weighted by molar-refractivity contribution is -0.138. The molecular formula is C76H100O22Si12. The van der Waals surface area contributed by atoms with Gasteiger partial charge in [0.15, 0.2) is 33.3 Å². The van der Waals surface area contributed by atoms with Crippen LogP contribution in [-0.2, 0) is 76.8 Å². The molecule has 4 heterocycles. The average Bonchev–Trinajstić information content (AvgIpc) is 0.682. The monoisotopic (exact) mass is 1700 g/mol. The Labute approximate surface area is 657 Å². The van der Waals surface area contributed by atoms with E-state index in [0.29, 0.717) is 117 Å². The van der Waals surface area contributed by atoms with E-state index in [4.69, 9.17) is 57.6 Å². The van der Waals surface area contributed by atoms with Crippen LogP contribution in [0.5, 0.6) is 0 Å². The Morgan fingerprint density at radius 3 is 0.527 bits per heavy atom. The summed E-state index contributed by atoms with van der Waals surface area (Å²) in [5, 5.41) is 43.4. The predicted octanol–water partition coefficient (Wildman–Crippen LogP) is 10.9. The van der Waals surface area contributed by atoms with Gasteiger partial charge in [0.25, 0.3) is 0 Å². The molecule has 0 amide bonds. The topological polar surface area (TPSA) is 278 Å². The van der Waals surface area contributed by atoms with Crippen LogP contribution in [-0.4, -0.2) is 148 Å². The van der Waals surface area contributed by atoms with Crippen molar-refractivity contribution < 1.29 is 97.2 Å². The van der Waals surface area contributed by atoms with E-state index in [-0.39, 0.29) is 25.7 Å². The summed E-state index contributed by atoms with van der Waals surface area (Å²) in [6.07, 6.45) is 2.84. The molecule has 8 aromatic rings. The average molecular weight is 1700 g/mol. The van der Waals surface area contributed by atoms with Crippen molar-refractivity contribution in [1.29, 1.82) is 0 Å². The zero-order chi connectivity index (χ0) is 78.4. The first kappa shape index (κ1) is 84.6. The zero-order valence-electron chi connectivity index (χ0n) is 63.5. The van der Waals surface area contributed by atoms with Crippen molar-refractivity contribution in [3.63, 3.8) is 0 Å². The van der Waals surface area contributed by atoms with Gasteiger partial charge in [-0.15, -0.1) is 0 Å². The second-order valence-electron chi connectivity index (χ2n) is 30.2. The molecule has 12 rings (SSSR count). The van der Waals surface area contributed by atoms with Crippen LogP contribution in [0.4, 0.5) is 0 Å². The molecule has 4 saturated heterocycles. The van der Waals surface area contributed by atoms with Gasteiger partial charge in [0.1, 0.15) is 0 Å². The third-order valence-electron chi connectivity index (χ3n) is 19.0. The number of hydrogen-bond donors (Lipinski definition) is 4. The molecule has 0 unspecified atom stereocenters. The molecular weight excluding hydrogens is 1600 g/mol. The maximum atomic E-state index is 12.3. The third kappa shape index (κ3) is 21.0. The van der Waals surface area contributed by atoms with E-state index in [1.165, 1.54) is 0 Å². The molecule has 0 aliphatic carbocycles. The predicted molar refractivity (Wildman–Crippen MR) is 445 cm³/mol. The summed E-state index contributed by atoms with van der Waals surface area (Å²) in [6, 6.07) is 76.5. The molecule has 0 spiro atoms. The van der Waals surface area contributed by atoms with Crippen molar-refractivity contribution in [1.82, 2.24) is 0 Å². The molecule has 34 heteroatoms. The number of carboxylic acids is 4. The summed E-state index contributed by atoms with van der Waals surface area (Å²) in [4.78, 5) is 49.2. The van der Waals surface area contributed by atoms with Crippen molar-refractivity contribution in [2.45, 2.75) is 154 Å². The maximum absolute atomic E-state index is 12.3. The number of carboxylic acid groups (broad SMARTS) is 4. The number of aliphatic carboxylic acids is 4. The maximum Gasteiger partial charge on any atom is 0.515 e. The van der Waals surface area contributed by atoms with Crippen LogP contribution >= 0.6 is 0 Å². The van der Waals surface area contributed by atoms with Crippen LogP contribution in [0, 0.1) is 0 Å². The summed E-state index contributed by atoms with van der Waals surface area (Å²) >= 11 is 0. The lowest BCUT2D eigenvalue weighted by atomic mass is 10.2. The fourth-order valence-electron chi connectivity index (χ4n) is 13.8. The molecule has 4 aliphatic rings. The van der Waals surface area contributed by atoms with Crippen molar-refractivity contribution >= 4 is 169 Å². The highest BCUT2D eigenvalue weighted by atomic mass is 28.6. The first-order chi connectivity index (χ1) is 52.4. The van der Waals surface area contributed by atoms with Gasteiger partial charge in [0.2, 0.25) is 0 Å². The van der Waals surface area contributed by atoms with E-state index in [1.807, 2.05) is 295 Å². The summed E-state index contributed by atoms with van der Waals surface area (Å²) < 4.78 is 122. The number of fused-ring (bicyclic) bond motifs is 4. The molecule has 4 N–H and O–H groups in total. The van der Waals surface area contributed by atoms with E-state index in [2.05, 4.69) is 0 Å². The summed E-state index contributed by atoms with van der Waals surface area (Å²) in [6.45, 7) is 16.4. The molecule has 22 nitrogen and oxygen atoms in total. The van der Waals surface area contributed by atoms with Gasteiger partial charge in [-0.3, -0.25) is 19.2 Å². The molecule has 584 valence electrons. The van der Waals surface area contributed by atoms with E-state index in [0.717, 1.165) is 0 Å². The highest BCUT2D eigenvalue weighted by Gasteiger charge is 2.81. The van der Waals surface area contributed by atoms with Crippen LogP contribution in [0.1, 0.15) is 77.0 Å². The molecule has 8 aromatic carbocycles. The number of carbonyl (C=O) groups is 4. The van der Waals surface area contributed by atoms with Crippen LogP contribution in [0.15, 0.2) is 243 Å². The molecule has 0 saturated carbocycles. The van der Waals surface area contributed by atoms with E-state index < -0.39 is 128 Å². The minimum absolute atomic E-state index is 0.0796. The largest absolute Gasteiger partial charge is 0.515 e. The van der Waals surface area contributed by atoms with Gasteiger partial charge in [-0.1, -0.05) is 268 Å². The van der Waals surface area contributed by atoms with Crippen LogP contribution in [0.3, 0.4) is 0 Å². The fraction of sp³-hybridized carbons (Fsp3) is 0.316. The molecule has 4 aliphatic heterocycles. The highest BCUT2D eigenvalue weighted by molar-refractivity contribution is 7.11.